The SMILES string of the molecule is O=C(NCc1cccnc1)C1CCC(c2ccccc2)N(C(=O)NC2CCCCC2)C1. The van der Waals surface area contributed by atoms with Crippen LogP contribution in [-0.4, -0.2) is 34.4 Å². The molecule has 2 atom stereocenters. The predicted octanol–water partition coefficient (Wildman–Crippen LogP) is 4.19. The highest BCUT2D eigenvalue weighted by atomic mass is 16.2. The third kappa shape index (κ3) is 5.63. The van der Waals surface area contributed by atoms with Gasteiger partial charge in [-0.1, -0.05) is 55.7 Å². The molecule has 1 aliphatic carbocycles. The summed E-state index contributed by atoms with van der Waals surface area (Å²) in [6.45, 7) is 0.899. The molecule has 164 valence electrons. The second kappa shape index (κ2) is 10.4. The molecule has 4 rings (SSSR count). The van der Waals surface area contributed by atoms with E-state index in [0.29, 0.717) is 13.1 Å². The van der Waals surface area contributed by atoms with Crippen LogP contribution in [0.1, 0.15) is 62.1 Å². The van der Waals surface area contributed by atoms with Gasteiger partial charge in [-0.3, -0.25) is 9.78 Å². The normalized spacial score (nSPS) is 22.0. The first-order valence-electron chi connectivity index (χ1n) is 11.5. The molecule has 1 aliphatic heterocycles. The molecule has 0 spiro atoms. The Kier molecular flexibility index (Phi) is 7.18. The Balaban J connectivity index is 1.43. The third-order valence-corrected chi connectivity index (χ3v) is 6.52. The van der Waals surface area contributed by atoms with E-state index >= 15 is 0 Å². The van der Waals surface area contributed by atoms with Crippen LogP contribution < -0.4 is 10.6 Å². The molecule has 6 nitrogen and oxygen atoms in total. The number of aromatic nitrogens is 1. The number of carbonyl (C=O) groups excluding carboxylic acids is 2. The average molecular weight is 421 g/mol. The van der Waals surface area contributed by atoms with Crippen LogP contribution in [0.15, 0.2) is 54.9 Å². The molecule has 6 heteroatoms. The molecule has 1 saturated heterocycles. The number of nitrogens with one attached hydrogen (secondary N) is 2. The van der Waals surface area contributed by atoms with Crippen molar-refractivity contribution in [3.8, 4) is 0 Å². The summed E-state index contributed by atoms with van der Waals surface area (Å²) in [5.41, 5.74) is 2.11. The number of urea groups is 1. The van der Waals surface area contributed by atoms with Gasteiger partial charge in [-0.05, 0) is 42.9 Å². The van der Waals surface area contributed by atoms with Crippen molar-refractivity contribution in [1.82, 2.24) is 20.5 Å². The van der Waals surface area contributed by atoms with E-state index in [-0.39, 0.29) is 29.9 Å². The smallest absolute Gasteiger partial charge is 0.318 e. The number of hydrogen-bond acceptors (Lipinski definition) is 3. The van der Waals surface area contributed by atoms with Gasteiger partial charge in [0.05, 0.1) is 12.0 Å². The number of nitrogens with zero attached hydrogens (tertiary/aromatic N) is 2. The summed E-state index contributed by atoms with van der Waals surface area (Å²) in [6.07, 6.45) is 10.7. The monoisotopic (exact) mass is 420 g/mol. The molecule has 1 aromatic carbocycles. The molecule has 0 bridgehead atoms. The van der Waals surface area contributed by atoms with E-state index in [4.69, 9.17) is 0 Å². The van der Waals surface area contributed by atoms with Crippen LogP contribution in [0.5, 0.6) is 0 Å². The van der Waals surface area contributed by atoms with E-state index in [1.54, 1.807) is 12.4 Å². The first kappa shape index (κ1) is 21.3. The lowest BCUT2D eigenvalue weighted by atomic mass is 9.88. The van der Waals surface area contributed by atoms with Crippen molar-refractivity contribution in [2.45, 2.75) is 63.6 Å². The fourth-order valence-electron chi connectivity index (χ4n) is 4.77. The topological polar surface area (TPSA) is 74.3 Å². The van der Waals surface area contributed by atoms with Crippen molar-refractivity contribution < 1.29 is 9.59 Å². The lowest BCUT2D eigenvalue weighted by molar-refractivity contribution is -0.126. The molecule has 3 amide bonds. The van der Waals surface area contributed by atoms with E-state index < -0.39 is 0 Å². The van der Waals surface area contributed by atoms with Gasteiger partial charge < -0.3 is 15.5 Å². The van der Waals surface area contributed by atoms with E-state index in [2.05, 4.69) is 27.8 Å². The Morgan fingerprint density at radius 1 is 0.968 bits per heavy atom. The van der Waals surface area contributed by atoms with Gasteiger partial charge in [0.15, 0.2) is 0 Å². The highest BCUT2D eigenvalue weighted by Crippen LogP contribution is 2.34. The van der Waals surface area contributed by atoms with Crippen LogP contribution in [0, 0.1) is 5.92 Å². The molecular formula is C25H32N4O2. The van der Waals surface area contributed by atoms with Gasteiger partial charge in [0.1, 0.15) is 0 Å². The van der Waals surface area contributed by atoms with Crippen molar-refractivity contribution in [1.29, 1.82) is 0 Å². The number of likely N-dealkylation sites (tertiary alicyclic amines) is 1. The molecule has 2 aliphatic rings. The van der Waals surface area contributed by atoms with Crippen molar-refractivity contribution in [2.75, 3.05) is 6.54 Å². The molecule has 31 heavy (non-hydrogen) atoms. The summed E-state index contributed by atoms with van der Waals surface area (Å²) in [7, 11) is 0. The molecule has 1 aromatic heterocycles. The van der Waals surface area contributed by atoms with E-state index in [1.807, 2.05) is 35.2 Å². The minimum atomic E-state index is -0.200. The van der Waals surface area contributed by atoms with Crippen molar-refractivity contribution >= 4 is 11.9 Å². The van der Waals surface area contributed by atoms with Gasteiger partial charge in [-0.15, -0.1) is 0 Å². The molecule has 2 heterocycles. The van der Waals surface area contributed by atoms with Gasteiger partial charge >= 0.3 is 6.03 Å². The third-order valence-electron chi connectivity index (χ3n) is 6.52. The van der Waals surface area contributed by atoms with Crippen LogP contribution in [0.2, 0.25) is 0 Å². The zero-order valence-electron chi connectivity index (χ0n) is 18.0. The first-order valence-corrected chi connectivity index (χ1v) is 11.5. The second-order valence-corrected chi connectivity index (χ2v) is 8.72. The summed E-state index contributed by atoms with van der Waals surface area (Å²) in [4.78, 5) is 32.1. The summed E-state index contributed by atoms with van der Waals surface area (Å²) in [5.74, 6) is -0.195. The van der Waals surface area contributed by atoms with Gasteiger partial charge in [-0.25, -0.2) is 4.79 Å². The lowest BCUT2D eigenvalue weighted by Crippen LogP contribution is -2.52. The highest BCUT2D eigenvalue weighted by molar-refractivity contribution is 5.81. The quantitative estimate of drug-likeness (QED) is 0.762. The zero-order valence-corrected chi connectivity index (χ0v) is 18.0. The molecule has 2 unspecified atom stereocenters. The van der Waals surface area contributed by atoms with Crippen LogP contribution in [0.4, 0.5) is 4.79 Å². The summed E-state index contributed by atoms with van der Waals surface area (Å²) in [6, 6.07) is 14.2. The fraction of sp³-hybridized carbons (Fsp3) is 0.480. The van der Waals surface area contributed by atoms with Crippen LogP contribution in [0.25, 0.3) is 0 Å². The minimum absolute atomic E-state index is 0.00540. The maximum absolute atomic E-state index is 13.3. The number of piperidine rings is 1. The average Bonchev–Trinajstić information content (AvgIpc) is 2.84. The number of carbonyl (C=O) groups is 2. The minimum Gasteiger partial charge on any atom is -0.352 e. The van der Waals surface area contributed by atoms with Gasteiger partial charge in [-0.2, -0.15) is 0 Å². The van der Waals surface area contributed by atoms with Crippen LogP contribution in [-0.2, 0) is 11.3 Å². The van der Waals surface area contributed by atoms with Gasteiger partial charge in [0.2, 0.25) is 5.91 Å². The van der Waals surface area contributed by atoms with Crippen LogP contribution >= 0.6 is 0 Å². The predicted molar refractivity (Wildman–Crippen MR) is 120 cm³/mol. The largest absolute Gasteiger partial charge is 0.352 e. The Bertz CT molecular complexity index is 852. The number of hydrogen-bond donors (Lipinski definition) is 2. The van der Waals surface area contributed by atoms with Gasteiger partial charge in [0, 0.05) is 31.5 Å². The molecule has 2 N–H and O–H groups in total. The number of amides is 3. The molecule has 1 saturated carbocycles. The maximum Gasteiger partial charge on any atom is 0.318 e. The number of pyridine rings is 1. The Labute approximate surface area is 184 Å². The fourth-order valence-corrected chi connectivity index (χ4v) is 4.77. The second-order valence-electron chi connectivity index (χ2n) is 8.72. The van der Waals surface area contributed by atoms with Gasteiger partial charge in [0.25, 0.3) is 0 Å². The summed E-state index contributed by atoms with van der Waals surface area (Å²) < 4.78 is 0. The zero-order chi connectivity index (χ0) is 21.5. The van der Waals surface area contributed by atoms with Crippen LogP contribution in [0.3, 0.4) is 0 Å². The number of rotatable bonds is 5. The molecular weight excluding hydrogens is 388 g/mol. The van der Waals surface area contributed by atoms with Crippen molar-refractivity contribution in [3.63, 3.8) is 0 Å². The van der Waals surface area contributed by atoms with E-state index in [1.165, 1.54) is 19.3 Å². The lowest BCUT2D eigenvalue weighted by Gasteiger charge is -2.40. The molecule has 2 fully saturated rings. The Morgan fingerprint density at radius 2 is 1.77 bits per heavy atom. The maximum atomic E-state index is 13.3. The Hall–Kier alpha value is -2.89. The Morgan fingerprint density at radius 3 is 2.52 bits per heavy atom. The summed E-state index contributed by atoms with van der Waals surface area (Å²) >= 11 is 0. The highest BCUT2D eigenvalue weighted by Gasteiger charge is 2.36. The summed E-state index contributed by atoms with van der Waals surface area (Å²) in [5, 5.41) is 6.28. The van der Waals surface area contributed by atoms with E-state index in [0.717, 1.165) is 36.8 Å². The molecule has 0 radical (unpaired) electrons. The van der Waals surface area contributed by atoms with Crippen molar-refractivity contribution in [3.05, 3.63) is 66.0 Å². The number of benzene rings is 1. The standard InChI is InChI=1S/C25H32N4O2/c30-24(27-17-19-8-7-15-26-16-19)21-13-14-23(20-9-3-1-4-10-20)29(18-21)25(31)28-22-11-5-2-6-12-22/h1,3-4,7-10,15-16,21-23H,2,5-6,11-14,17-18H2,(H,27,30)(H,28,31). The van der Waals surface area contributed by atoms with E-state index in [9.17, 15) is 9.59 Å². The van der Waals surface area contributed by atoms with Crippen molar-refractivity contribution in [2.24, 2.45) is 5.92 Å². The molecule has 2 aromatic rings. The first-order chi connectivity index (χ1) is 15.2.